The van der Waals surface area contributed by atoms with Crippen LogP contribution in [0, 0.1) is 5.92 Å². The molecule has 0 aromatic rings. The van der Waals surface area contributed by atoms with Crippen molar-refractivity contribution >= 4 is 39.8 Å². The van der Waals surface area contributed by atoms with E-state index in [-0.39, 0.29) is 29.9 Å². The second-order valence-electron chi connectivity index (χ2n) is 4.99. The molecule has 0 amide bonds. The first-order valence-corrected chi connectivity index (χ1v) is 8.09. The van der Waals surface area contributed by atoms with Crippen molar-refractivity contribution in [3.05, 3.63) is 0 Å². The Hall–Kier alpha value is -0.0500. The molecule has 2 rings (SSSR count). The van der Waals surface area contributed by atoms with Crippen LogP contribution in [0.4, 0.5) is 0 Å². The summed E-state index contributed by atoms with van der Waals surface area (Å²) in [6.45, 7) is 0.700. The third kappa shape index (κ3) is 5.29. The SMILES string of the molecule is CN=C(NCC1CCCS(=O)(=O)C1)NC1CC1.I. The molecule has 0 aromatic heterocycles. The van der Waals surface area contributed by atoms with E-state index in [1.54, 1.807) is 7.05 Å². The predicted octanol–water partition coefficient (Wildman–Crippen LogP) is 0.757. The first kappa shape index (κ1) is 16.0. The fourth-order valence-corrected chi connectivity index (χ4v) is 3.91. The van der Waals surface area contributed by atoms with Gasteiger partial charge in [-0.1, -0.05) is 0 Å². The minimum atomic E-state index is -2.80. The van der Waals surface area contributed by atoms with Crippen LogP contribution in [0.1, 0.15) is 25.7 Å². The molecule has 1 saturated carbocycles. The molecule has 1 atom stereocenters. The van der Waals surface area contributed by atoms with Crippen LogP contribution >= 0.6 is 24.0 Å². The van der Waals surface area contributed by atoms with E-state index in [2.05, 4.69) is 15.6 Å². The maximum atomic E-state index is 11.5. The van der Waals surface area contributed by atoms with E-state index < -0.39 is 9.84 Å². The molecule has 0 bridgehead atoms. The molecule has 0 spiro atoms. The van der Waals surface area contributed by atoms with Gasteiger partial charge in [0.05, 0.1) is 11.5 Å². The molecule has 1 saturated heterocycles. The lowest BCUT2D eigenvalue weighted by atomic mass is 10.1. The number of nitrogens with zero attached hydrogens (tertiary/aromatic N) is 1. The number of rotatable bonds is 3. The number of halogens is 1. The van der Waals surface area contributed by atoms with Gasteiger partial charge in [-0.15, -0.1) is 24.0 Å². The van der Waals surface area contributed by atoms with Gasteiger partial charge in [-0.25, -0.2) is 8.42 Å². The number of aliphatic imine (C=N–C) groups is 1. The Bertz CT molecular complexity index is 393. The van der Waals surface area contributed by atoms with Gasteiger partial charge >= 0.3 is 0 Å². The first-order chi connectivity index (χ1) is 8.09. The summed E-state index contributed by atoms with van der Waals surface area (Å²) in [5.41, 5.74) is 0. The summed E-state index contributed by atoms with van der Waals surface area (Å²) in [6, 6.07) is 0.566. The summed E-state index contributed by atoms with van der Waals surface area (Å²) in [6.07, 6.45) is 4.20. The van der Waals surface area contributed by atoms with Gasteiger partial charge in [-0.05, 0) is 31.6 Å². The normalized spacial score (nSPS) is 27.2. The van der Waals surface area contributed by atoms with E-state index in [4.69, 9.17) is 0 Å². The van der Waals surface area contributed by atoms with Gasteiger partial charge in [-0.2, -0.15) is 0 Å². The van der Waals surface area contributed by atoms with E-state index in [1.165, 1.54) is 12.8 Å². The third-order valence-electron chi connectivity index (χ3n) is 3.26. The largest absolute Gasteiger partial charge is 0.356 e. The van der Waals surface area contributed by atoms with Gasteiger partial charge in [0, 0.05) is 19.6 Å². The lowest BCUT2D eigenvalue weighted by Gasteiger charge is -2.23. The summed E-state index contributed by atoms with van der Waals surface area (Å²) in [5, 5.41) is 6.51. The van der Waals surface area contributed by atoms with Crippen LogP contribution in [-0.4, -0.2) is 45.5 Å². The molecule has 0 aromatic carbocycles. The Labute approximate surface area is 126 Å². The molecule has 2 aliphatic rings. The Morgan fingerprint density at radius 3 is 2.61 bits per heavy atom. The highest BCUT2D eigenvalue weighted by molar-refractivity contribution is 14.0. The van der Waals surface area contributed by atoms with E-state index >= 15 is 0 Å². The zero-order chi connectivity index (χ0) is 12.3. The Morgan fingerprint density at radius 2 is 2.06 bits per heavy atom. The number of nitrogens with one attached hydrogen (secondary N) is 2. The van der Waals surface area contributed by atoms with E-state index in [1.807, 2.05) is 0 Å². The van der Waals surface area contributed by atoms with Crippen LogP contribution in [0.2, 0.25) is 0 Å². The summed E-state index contributed by atoms with van der Waals surface area (Å²) in [7, 11) is -1.05. The van der Waals surface area contributed by atoms with E-state index in [0.29, 0.717) is 24.1 Å². The minimum absolute atomic E-state index is 0. The number of sulfone groups is 1. The van der Waals surface area contributed by atoms with Crippen LogP contribution in [0.5, 0.6) is 0 Å². The Morgan fingerprint density at radius 1 is 1.33 bits per heavy atom. The molecule has 1 aliphatic carbocycles. The Kier molecular flexibility index (Phi) is 6.16. The maximum absolute atomic E-state index is 11.5. The van der Waals surface area contributed by atoms with Crippen molar-refractivity contribution in [3.8, 4) is 0 Å². The number of hydrogen-bond donors (Lipinski definition) is 2. The van der Waals surface area contributed by atoms with Crippen LogP contribution in [0.3, 0.4) is 0 Å². The third-order valence-corrected chi connectivity index (χ3v) is 5.15. The fourth-order valence-electron chi connectivity index (χ4n) is 2.14. The highest BCUT2D eigenvalue weighted by Crippen LogP contribution is 2.19. The quantitative estimate of drug-likeness (QED) is 0.426. The highest BCUT2D eigenvalue weighted by Gasteiger charge is 2.26. The average Bonchev–Trinajstić information content (AvgIpc) is 3.06. The lowest BCUT2D eigenvalue weighted by molar-refractivity contribution is 0.477. The number of guanidine groups is 1. The second kappa shape index (κ2) is 6.93. The highest BCUT2D eigenvalue weighted by atomic mass is 127. The van der Waals surface area contributed by atoms with Crippen molar-refractivity contribution in [2.24, 2.45) is 10.9 Å². The van der Waals surface area contributed by atoms with Gasteiger partial charge in [-0.3, -0.25) is 4.99 Å². The van der Waals surface area contributed by atoms with Crippen molar-refractivity contribution in [3.63, 3.8) is 0 Å². The summed E-state index contributed by atoms with van der Waals surface area (Å²) in [5.74, 6) is 1.71. The second-order valence-corrected chi connectivity index (χ2v) is 7.22. The van der Waals surface area contributed by atoms with E-state index in [9.17, 15) is 8.42 Å². The monoisotopic (exact) mass is 387 g/mol. The van der Waals surface area contributed by atoms with Crippen molar-refractivity contribution < 1.29 is 8.42 Å². The molecule has 1 aliphatic heterocycles. The molecular weight excluding hydrogens is 365 g/mol. The van der Waals surface area contributed by atoms with Crippen molar-refractivity contribution in [2.75, 3.05) is 25.1 Å². The molecular formula is C11H22IN3O2S. The van der Waals surface area contributed by atoms with E-state index in [0.717, 1.165) is 18.8 Å². The van der Waals surface area contributed by atoms with Crippen LogP contribution < -0.4 is 10.6 Å². The van der Waals surface area contributed by atoms with Crippen LogP contribution in [0.15, 0.2) is 4.99 Å². The topological polar surface area (TPSA) is 70.6 Å². The minimum Gasteiger partial charge on any atom is -0.356 e. The molecule has 1 unspecified atom stereocenters. The average molecular weight is 387 g/mol. The molecule has 18 heavy (non-hydrogen) atoms. The molecule has 2 fully saturated rings. The fraction of sp³-hybridized carbons (Fsp3) is 0.909. The van der Waals surface area contributed by atoms with Crippen LogP contribution in [-0.2, 0) is 9.84 Å². The lowest BCUT2D eigenvalue weighted by Crippen LogP contribution is -2.42. The molecule has 2 N–H and O–H groups in total. The molecule has 1 heterocycles. The predicted molar refractivity (Wildman–Crippen MR) is 84.3 cm³/mol. The van der Waals surface area contributed by atoms with Crippen molar-refractivity contribution in [1.82, 2.24) is 10.6 Å². The van der Waals surface area contributed by atoms with Gasteiger partial charge in [0.25, 0.3) is 0 Å². The van der Waals surface area contributed by atoms with Gasteiger partial charge in [0.2, 0.25) is 0 Å². The van der Waals surface area contributed by atoms with Gasteiger partial charge < -0.3 is 10.6 Å². The van der Waals surface area contributed by atoms with Crippen molar-refractivity contribution in [2.45, 2.75) is 31.7 Å². The standard InChI is InChI=1S/C11H21N3O2S.HI/c1-12-11(14-10-4-5-10)13-7-9-3-2-6-17(15,16)8-9;/h9-10H,2-8H2,1H3,(H2,12,13,14);1H. The Balaban J connectivity index is 0.00000162. The van der Waals surface area contributed by atoms with Gasteiger partial charge in [0.15, 0.2) is 15.8 Å². The summed E-state index contributed by atoms with van der Waals surface area (Å²) in [4.78, 5) is 4.13. The number of hydrogen-bond acceptors (Lipinski definition) is 3. The van der Waals surface area contributed by atoms with Crippen LogP contribution in [0.25, 0.3) is 0 Å². The maximum Gasteiger partial charge on any atom is 0.191 e. The summed E-state index contributed by atoms with van der Waals surface area (Å²) < 4.78 is 23.0. The zero-order valence-corrected chi connectivity index (χ0v) is 13.8. The molecule has 5 nitrogen and oxygen atoms in total. The smallest absolute Gasteiger partial charge is 0.191 e. The summed E-state index contributed by atoms with van der Waals surface area (Å²) >= 11 is 0. The molecule has 106 valence electrons. The zero-order valence-electron chi connectivity index (χ0n) is 10.7. The van der Waals surface area contributed by atoms with Crippen molar-refractivity contribution in [1.29, 1.82) is 0 Å². The van der Waals surface area contributed by atoms with Gasteiger partial charge in [0.1, 0.15) is 0 Å². The molecule has 7 heteroatoms. The molecule has 0 radical (unpaired) electrons. The first-order valence-electron chi connectivity index (χ1n) is 6.26.